The number of aliphatic carboxylic acids is 1. The summed E-state index contributed by atoms with van der Waals surface area (Å²) in [4.78, 5) is 48.8. The van der Waals surface area contributed by atoms with E-state index in [9.17, 15) is 24.3 Å². The van der Waals surface area contributed by atoms with Crippen molar-refractivity contribution in [3.05, 3.63) is 23.8 Å². The first-order valence-corrected chi connectivity index (χ1v) is 14.4. The van der Waals surface area contributed by atoms with E-state index in [4.69, 9.17) is 34.2 Å². The van der Waals surface area contributed by atoms with E-state index in [2.05, 4.69) is 0 Å². The number of hydrogen-bond donors (Lipinski definition) is 2. The number of nitrogens with two attached hydrogens (primary N) is 1. The lowest BCUT2D eigenvalue weighted by Gasteiger charge is -2.28. The van der Waals surface area contributed by atoms with Crippen LogP contribution in [0.3, 0.4) is 0 Å². The molecule has 1 rings (SSSR count). The lowest BCUT2D eigenvalue weighted by atomic mass is 9.82. The van der Waals surface area contributed by atoms with Crippen molar-refractivity contribution in [3.63, 3.8) is 0 Å². The maximum Gasteiger partial charge on any atom is 0.513 e. The molecule has 12 heteroatoms. The van der Waals surface area contributed by atoms with Crippen LogP contribution in [0.5, 0.6) is 11.5 Å². The predicted molar refractivity (Wildman–Crippen MR) is 154 cm³/mol. The Bertz CT molecular complexity index is 1010. The third kappa shape index (κ3) is 13.9. The van der Waals surface area contributed by atoms with Gasteiger partial charge in [0, 0.05) is 5.92 Å². The third-order valence-corrected chi connectivity index (χ3v) is 6.31. The average Bonchev–Trinajstić information content (AvgIpc) is 2.88. The largest absolute Gasteiger partial charge is 0.513 e. The Kier molecular flexibility index (Phi) is 16.3. The highest BCUT2D eigenvalue weighted by Gasteiger charge is 2.33. The Labute approximate surface area is 248 Å². The highest BCUT2D eigenvalue weighted by Crippen LogP contribution is 2.36. The molecule has 0 amide bonds. The summed E-state index contributed by atoms with van der Waals surface area (Å²) in [5.74, 6) is -2.57. The molecule has 0 radical (unpaired) electrons. The van der Waals surface area contributed by atoms with Crippen LogP contribution in [0, 0.1) is 17.8 Å². The van der Waals surface area contributed by atoms with E-state index >= 15 is 0 Å². The molecular formula is C30H47NO11. The van der Waals surface area contributed by atoms with Crippen LogP contribution in [0.25, 0.3) is 0 Å². The van der Waals surface area contributed by atoms with Gasteiger partial charge in [0.05, 0.1) is 19.8 Å². The monoisotopic (exact) mass is 597 g/mol. The quantitative estimate of drug-likeness (QED) is 0.117. The lowest BCUT2D eigenvalue weighted by molar-refractivity contribution is -0.139. The first-order chi connectivity index (χ1) is 19.7. The summed E-state index contributed by atoms with van der Waals surface area (Å²) in [5.41, 5.74) is 6.39. The lowest BCUT2D eigenvalue weighted by Crippen LogP contribution is -2.40. The minimum Gasteiger partial charge on any atom is -0.480 e. The van der Waals surface area contributed by atoms with E-state index in [1.54, 1.807) is 13.8 Å². The predicted octanol–water partition coefficient (Wildman–Crippen LogP) is 6.28. The number of ether oxygens (including phenoxy) is 6. The molecule has 0 aliphatic rings. The number of hydrogen-bond acceptors (Lipinski definition) is 11. The van der Waals surface area contributed by atoms with Gasteiger partial charge in [-0.25, -0.2) is 14.4 Å². The molecule has 3 N–H and O–H groups in total. The molecule has 0 bridgehead atoms. The van der Waals surface area contributed by atoms with Crippen LogP contribution in [-0.2, 0) is 23.7 Å². The Morgan fingerprint density at radius 1 is 0.786 bits per heavy atom. The van der Waals surface area contributed by atoms with Crippen LogP contribution >= 0.6 is 0 Å². The van der Waals surface area contributed by atoms with Crippen molar-refractivity contribution in [2.24, 2.45) is 23.5 Å². The number of carboxylic acids is 1. The van der Waals surface area contributed by atoms with E-state index < -0.39 is 42.3 Å². The minimum absolute atomic E-state index is 0.109. The number of benzene rings is 1. The van der Waals surface area contributed by atoms with E-state index in [-0.39, 0.29) is 43.3 Å². The fourth-order valence-electron chi connectivity index (χ4n) is 3.90. The smallest absolute Gasteiger partial charge is 0.480 e. The Morgan fingerprint density at radius 3 is 1.83 bits per heavy atom. The van der Waals surface area contributed by atoms with Gasteiger partial charge < -0.3 is 39.3 Å². The fraction of sp³-hybridized carbons (Fsp3) is 0.667. The maximum absolute atomic E-state index is 12.4. The molecule has 0 aliphatic heterocycles. The standard InChI is InChI=1S/C30H47NO11/c1-8-9-21(7)40-30(36)39-17-20(6)25(26(31)27(32)33)22-10-11-23(41-28(34)37-14-12-18(2)3)24(16-22)42-29(35)38-15-13-19(4)5/h10-11,16,18-21,25-26H,8-9,12-15,17,31H2,1-7H3,(H,32,33)/t20?,21?,25?,26-/m0/s1. The van der Waals surface area contributed by atoms with Crippen LogP contribution < -0.4 is 15.2 Å². The fourth-order valence-corrected chi connectivity index (χ4v) is 3.90. The van der Waals surface area contributed by atoms with Gasteiger partial charge in [0.1, 0.15) is 12.1 Å². The van der Waals surface area contributed by atoms with E-state index in [1.165, 1.54) is 18.2 Å². The average molecular weight is 598 g/mol. The molecule has 1 aromatic carbocycles. The summed E-state index contributed by atoms with van der Waals surface area (Å²) < 4.78 is 31.3. The first kappa shape index (κ1) is 36.5. The molecule has 1 aromatic rings. The van der Waals surface area contributed by atoms with Crippen molar-refractivity contribution in [2.45, 2.75) is 92.2 Å². The van der Waals surface area contributed by atoms with Crippen molar-refractivity contribution >= 4 is 24.4 Å². The van der Waals surface area contributed by atoms with Gasteiger partial charge in [0.15, 0.2) is 11.5 Å². The number of carboxylic acid groups (broad SMARTS) is 1. The molecule has 0 saturated heterocycles. The second kappa shape index (κ2) is 18.8. The van der Waals surface area contributed by atoms with Gasteiger partial charge >= 0.3 is 24.4 Å². The first-order valence-electron chi connectivity index (χ1n) is 14.4. The molecule has 0 aliphatic carbocycles. The van der Waals surface area contributed by atoms with Gasteiger partial charge in [0.25, 0.3) is 0 Å². The van der Waals surface area contributed by atoms with Gasteiger partial charge in [0.2, 0.25) is 0 Å². The molecule has 0 aromatic heterocycles. The van der Waals surface area contributed by atoms with E-state index in [0.29, 0.717) is 30.7 Å². The third-order valence-electron chi connectivity index (χ3n) is 6.31. The molecule has 0 saturated carbocycles. The van der Waals surface area contributed by atoms with Crippen LogP contribution in [0.4, 0.5) is 14.4 Å². The molecule has 4 atom stereocenters. The molecule has 3 unspecified atom stereocenters. The molecule has 0 spiro atoms. The zero-order valence-corrected chi connectivity index (χ0v) is 25.8. The van der Waals surface area contributed by atoms with Crippen molar-refractivity contribution in [1.29, 1.82) is 0 Å². The molecule has 0 heterocycles. The second-order valence-corrected chi connectivity index (χ2v) is 11.1. The zero-order valence-electron chi connectivity index (χ0n) is 25.8. The number of carbonyl (C=O) groups is 4. The maximum atomic E-state index is 12.4. The van der Waals surface area contributed by atoms with Crippen LogP contribution in [0.15, 0.2) is 18.2 Å². The van der Waals surface area contributed by atoms with Gasteiger partial charge in [-0.05, 0) is 61.6 Å². The van der Waals surface area contributed by atoms with E-state index in [0.717, 1.165) is 6.42 Å². The summed E-state index contributed by atoms with van der Waals surface area (Å²) in [5, 5.41) is 9.72. The summed E-state index contributed by atoms with van der Waals surface area (Å²) in [6, 6.07) is 2.74. The summed E-state index contributed by atoms with van der Waals surface area (Å²) >= 11 is 0. The molecule has 42 heavy (non-hydrogen) atoms. The summed E-state index contributed by atoms with van der Waals surface area (Å²) in [6.07, 6.45) is -0.529. The number of rotatable bonds is 17. The summed E-state index contributed by atoms with van der Waals surface area (Å²) in [7, 11) is 0. The normalized spacial score (nSPS) is 14.0. The topological polar surface area (TPSA) is 170 Å². The van der Waals surface area contributed by atoms with Crippen LogP contribution in [-0.4, -0.2) is 61.5 Å². The Balaban J connectivity index is 3.25. The molecule has 238 valence electrons. The van der Waals surface area contributed by atoms with Crippen molar-refractivity contribution < 1.29 is 52.7 Å². The van der Waals surface area contributed by atoms with Crippen molar-refractivity contribution in [2.75, 3.05) is 19.8 Å². The van der Waals surface area contributed by atoms with E-state index in [1.807, 2.05) is 34.6 Å². The molecule has 12 nitrogen and oxygen atoms in total. The van der Waals surface area contributed by atoms with Gasteiger partial charge in [-0.3, -0.25) is 4.79 Å². The number of carbonyl (C=O) groups excluding carboxylic acids is 3. The zero-order chi connectivity index (χ0) is 31.8. The van der Waals surface area contributed by atoms with Crippen molar-refractivity contribution in [3.8, 4) is 11.5 Å². The molecular weight excluding hydrogens is 550 g/mol. The van der Waals surface area contributed by atoms with Gasteiger partial charge in [-0.1, -0.05) is 54.0 Å². The second-order valence-electron chi connectivity index (χ2n) is 11.1. The Morgan fingerprint density at radius 2 is 1.33 bits per heavy atom. The van der Waals surface area contributed by atoms with Crippen molar-refractivity contribution in [1.82, 2.24) is 0 Å². The van der Waals surface area contributed by atoms with Gasteiger partial charge in [-0.2, -0.15) is 0 Å². The summed E-state index contributed by atoms with van der Waals surface area (Å²) in [6.45, 7) is 13.3. The highest BCUT2D eigenvalue weighted by atomic mass is 16.7. The van der Waals surface area contributed by atoms with Crippen LogP contribution in [0.2, 0.25) is 0 Å². The molecule has 0 fully saturated rings. The Hall–Kier alpha value is -3.54. The SMILES string of the molecule is CCCC(C)OC(=O)OCC(C)C(c1ccc(OC(=O)OCCC(C)C)c(OC(=O)OCCC(C)C)c1)[C@H](N)C(=O)O. The minimum atomic E-state index is -1.42. The van der Waals surface area contributed by atoms with Gasteiger partial charge in [-0.15, -0.1) is 0 Å². The van der Waals surface area contributed by atoms with Crippen LogP contribution in [0.1, 0.15) is 85.6 Å². The highest BCUT2D eigenvalue weighted by molar-refractivity contribution is 5.75.